The normalized spacial score (nSPS) is 10.9. The molecule has 0 aliphatic heterocycles. The Hall–Kier alpha value is -1.78. The van der Waals surface area contributed by atoms with Crippen LogP contribution in [0.25, 0.3) is 0 Å². The van der Waals surface area contributed by atoms with Gasteiger partial charge in [-0.1, -0.05) is 5.92 Å². The fourth-order valence-electron chi connectivity index (χ4n) is 0.787. The van der Waals surface area contributed by atoms with Crippen molar-refractivity contribution in [1.29, 1.82) is 0 Å². The van der Waals surface area contributed by atoms with Crippen molar-refractivity contribution in [2.45, 2.75) is 5.09 Å². The summed E-state index contributed by atoms with van der Waals surface area (Å²) in [6.07, 6.45) is 4.87. The molecular weight excluding hydrogens is 222 g/mol. The molecule has 0 saturated heterocycles. The van der Waals surface area contributed by atoms with Crippen molar-refractivity contribution in [1.82, 2.24) is 4.72 Å². The Morgan fingerprint density at radius 3 is 2.73 bits per heavy atom. The minimum absolute atomic E-state index is 0.189. The molecule has 0 radical (unpaired) electrons. The summed E-state index contributed by atoms with van der Waals surface area (Å²) < 4.78 is 29.3. The van der Waals surface area contributed by atoms with Crippen LogP contribution < -0.4 is 4.72 Å². The predicted octanol–water partition coefficient (Wildman–Crippen LogP) is -0.111. The summed E-state index contributed by atoms with van der Waals surface area (Å²) >= 11 is 0. The smallest absolute Gasteiger partial charge is 0.371 e. The summed E-state index contributed by atoms with van der Waals surface area (Å²) in [5.74, 6) is 0.287. The summed E-state index contributed by atoms with van der Waals surface area (Å²) in [5.41, 5.74) is 0. The van der Waals surface area contributed by atoms with Gasteiger partial charge in [-0.2, -0.15) is 4.72 Å². The van der Waals surface area contributed by atoms with Crippen molar-refractivity contribution in [2.75, 3.05) is 6.54 Å². The molecule has 0 bridgehead atoms. The Morgan fingerprint density at radius 2 is 2.27 bits per heavy atom. The fourth-order valence-corrected chi connectivity index (χ4v) is 1.65. The second-order valence-electron chi connectivity index (χ2n) is 2.45. The second kappa shape index (κ2) is 4.16. The highest BCUT2D eigenvalue weighted by molar-refractivity contribution is 7.89. The van der Waals surface area contributed by atoms with Gasteiger partial charge in [-0.05, 0) is 12.1 Å². The molecule has 0 aliphatic carbocycles. The van der Waals surface area contributed by atoms with Crippen LogP contribution in [-0.2, 0) is 10.0 Å². The van der Waals surface area contributed by atoms with Crippen LogP contribution in [0.5, 0.6) is 0 Å². The molecule has 0 aliphatic rings. The molecule has 0 aromatic carbocycles. The molecule has 0 saturated carbocycles. The van der Waals surface area contributed by atoms with Gasteiger partial charge in [0.25, 0.3) is 10.0 Å². The molecule has 0 atom stereocenters. The maximum Gasteiger partial charge on any atom is 0.371 e. The molecule has 0 unspecified atom stereocenters. The van der Waals surface area contributed by atoms with E-state index in [1.165, 1.54) is 0 Å². The molecule has 0 fully saturated rings. The van der Waals surface area contributed by atoms with Crippen molar-refractivity contribution >= 4 is 16.0 Å². The van der Waals surface area contributed by atoms with Crippen molar-refractivity contribution in [3.8, 4) is 12.3 Å². The first-order chi connectivity index (χ1) is 6.97. The van der Waals surface area contributed by atoms with E-state index < -0.39 is 26.8 Å². The van der Waals surface area contributed by atoms with Crippen molar-refractivity contribution in [2.24, 2.45) is 0 Å². The number of nitrogens with one attached hydrogen (secondary N) is 1. The van der Waals surface area contributed by atoms with Gasteiger partial charge in [0.2, 0.25) is 10.9 Å². The largest absolute Gasteiger partial charge is 0.475 e. The topological polar surface area (TPSA) is 96.6 Å². The standard InChI is InChI=1S/C8H7NO5S/c1-2-5-9-15(12,13)7-4-3-6(14-7)8(10)11/h1,3-4,9H,5H2,(H,10,11). The zero-order chi connectivity index (χ0) is 11.5. The van der Waals surface area contributed by atoms with E-state index >= 15 is 0 Å². The van der Waals surface area contributed by atoms with E-state index in [0.29, 0.717) is 0 Å². The number of hydrogen-bond donors (Lipinski definition) is 2. The van der Waals surface area contributed by atoms with Crippen molar-refractivity contribution in [3.63, 3.8) is 0 Å². The van der Waals surface area contributed by atoms with Crippen LogP contribution in [0, 0.1) is 12.3 Å². The number of furan rings is 1. The highest BCUT2D eigenvalue weighted by Crippen LogP contribution is 2.13. The number of rotatable bonds is 4. The Bertz CT molecular complexity index is 507. The first-order valence-corrected chi connectivity index (χ1v) is 5.22. The average molecular weight is 229 g/mol. The molecule has 80 valence electrons. The average Bonchev–Trinajstić information content (AvgIpc) is 2.64. The van der Waals surface area contributed by atoms with Crippen molar-refractivity contribution in [3.05, 3.63) is 17.9 Å². The van der Waals surface area contributed by atoms with E-state index in [1.807, 2.05) is 4.72 Å². The van der Waals surface area contributed by atoms with Crippen LogP contribution in [0.4, 0.5) is 0 Å². The number of sulfonamides is 1. The Kier molecular flexibility index (Phi) is 3.14. The van der Waals surface area contributed by atoms with Crippen LogP contribution in [0.2, 0.25) is 0 Å². The fraction of sp³-hybridized carbons (Fsp3) is 0.125. The SMILES string of the molecule is C#CCNS(=O)(=O)c1ccc(C(=O)O)o1. The lowest BCUT2D eigenvalue weighted by atomic mass is 10.5. The summed E-state index contributed by atoms with van der Waals surface area (Å²) in [6.45, 7) is -0.189. The van der Waals surface area contributed by atoms with Crippen LogP contribution in [0.3, 0.4) is 0 Å². The number of carboxylic acid groups (broad SMARTS) is 1. The monoisotopic (exact) mass is 229 g/mol. The van der Waals surface area contributed by atoms with Gasteiger partial charge in [-0.15, -0.1) is 6.42 Å². The van der Waals surface area contributed by atoms with E-state index in [9.17, 15) is 13.2 Å². The van der Waals surface area contributed by atoms with E-state index in [2.05, 4.69) is 10.3 Å². The van der Waals surface area contributed by atoms with Crippen LogP contribution in [0.15, 0.2) is 21.6 Å². The van der Waals surface area contributed by atoms with Crippen LogP contribution in [0.1, 0.15) is 10.6 Å². The van der Waals surface area contributed by atoms with E-state index in [0.717, 1.165) is 12.1 Å². The third-order valence-corrected chi connectivity index (χ3v) is 2.69. The van der Waals surface area contributed by atoms with Gasteiger partial charge in [-0.3, -0.25) is 0 Å². The highest BCUT2D eigenvalue weighted by Gasteiger charge is 2.19. The van der Waals surface area contributed by atoms with Crippen molar-refractivity contribution < 1.29 is 22.7 Å². The molecule has 6 nitrogen and oxygen atoms in total. The second-order valence-corrected chi connectivity index (χ2v) is 4.15. The predicted molar refractivity (Wildman–Crippen MR) is 49.7 cm³/mol. The van der Waals surface area contributed by atoms with Crippen LogP contribution >= 0.6 is 0 Å². The number of terminal acetylenes is 1. The summed E-state index contributed by atoms with van der Waals surface area (Å²) in [7, 11) is -3.86. The molecule has 7 heteroatoms. The Labute approximate surface area is 86.0 Å². The third kappa shape index (κ3) is 2.59. The molecule has 0 amide bonds. The lowest BCUT2D eigenvalue weighted by molar-refractivity contribution is 0.0656. The molecule has 2 N–H and O–H groups in total. The van der Waals surface area contributed by atoms with E-state index in [-0.39, 0.29) is 6.54 Å². The van der Waals surface area contributed by atoms with Gasteiger partial charge in [0, 0.05) is 0 Å². The zero-order valence-electron chi connectivity index (χ0n) is 7.43. The molecule has 1 rings (SSSR count). The molecular formula is C8H7NO5S. The number of carboxylic acids is 1. The minimum Gasteiger partial charge on any atom is -0.475 e. The molecule has 0 spiro atoms. The number of hydrogen-bond acceptors (Lipinski definition) is 4. The van der Waals surface area contributed by atoms with E-state index in [4.69, 9.17) is 11.5 Å². The minimum atomic E-state index is -3.86. The Balaban J connectivity index is 2.97. The summed E-state index contributed by atoms with van der Waals surface area (Å²) in [4.78, 5) is 10.4. The Morgan fingerprint density at radius 1 is 1.60 bits per heavy atom. The summed E-state index contributed by atoms with van der Waals surface area (Å²) in [5, 5.41) is 8.02. The third-order valence-electron chi connectivity index (χ3n) is 1.42. The van der Waals surface area contributed by atoms with Gasteiger partial charge >= 0.3 is 5.97 Å². The molecule has 1 heterocycles. The first-order valence-electron chi connectivity index (χ1n) is 3.73. The quantitative estimate of drug-likeness (QED) is 0.702. The molecule has 15 heavy (non-hydrogen) atoms. The lowest BCUT2D eigenvalue weighted by Gasteiger charge is -1.98. The lowest BCUT2D eigenvalue weighted by Crippen LogP contribution is -2.23. The maximum atomic E-state index is 11.3. The molecule has 1 aromatic rings. The maximum absolute atomic E-state index is 11.3. The summed E-state index contributed by atoms with van der Waals surface area (Å²) in [6, 6.07) is 2.09. The molecule has 1 aromatic heterocycles. The van der Waals surface area contributed by atoms with Gasteiger partial charge < -0.3 is 9.52 Å². The van der Waals surface area contributed by atoms with Gasteiger partial charge in [0.05, 0.1) is 6.54 Å². The first kappa shape index (κ1) is 11.3. The number of aromatic carboxylic acids is 1. The van der Waals surface area contributed by atoms with Gasteiger partial charge in [-0.25, -0.2) is 13.2 Å². The van der Waals surface area contributed by atoms with Gasteiger partial charge in [0.1, 0.15) is 0 Å². The highest BCUT2D eigenvalue weighted by atomic mass is 32.2. The van der Waals surface area contributed by atoms with Crippen LogP contribution in [-0.4, -0.2) is 26.0 Å². The zero-order valence-corrected chi connectivity index (χ0v) is 8.24. The van der Waals surface area contributed by atoms with Gasteiger partial charge in [0.15, 0.2) is 0 Å². The number of carbonyl (C=O) groups is 1. The van der Waals surface area contributed by atoms with E-state index in [1.54, 1.807) is 0 Å².